The highest BCUT2D eigenvalue weighted by Gasteiger charge is 2.40. The van der Waals surface area contributed by atoms with Crippen LogP contribution in [0.5, 0.6) is 0 Å². The fraction of sp³-hybridized carbons (Fsp3) is 0.462. The third kappa shape index (κ3) is 2.99. The highest BCUT2D eigenvalue weighted by Crippen LogP contribution is 2.30. The number of rotatable bonds is 2. The Balaban J connectivity index is 0.00000144. The lowest BCUT2D eigenvalue weighted by atomic mass is 9.77. The van der Waals surface area contributed by atoms with E-state index in [2.05, 4.69) is 11.4 Å². The summed E-state index contributed by atoms with van der Waals surface area (Å²) in [6.07, 6.45) is 2.64. The van der Waals surface area contributed by atoms with Crippen LogP contribution in [0.15, 0.2) is 18.2 Å². The molecule has 0 atom stereocenters. The van der Waals surface area contributed by atoms with E-state index in [1.807, 2.05) is 26.0 Å². The molecule has 1 aliphatic rings. The number of aryl methyl sites for hydroxylation is 2. The second-order valence-electron chi connectivity index (χ2n) is 4.84. The van der Waals surface area contributed by atoms with Gasteiger partial charge in [-0.2, -0.15) is 0 Å². The standard InChI is InChI=1S/C13H18N2O.ClH/c1-9-6-10(2)8-11(7-9)15-12(16)13(14)4-3-5-13;/h6-8H,3-5,14H2,1-2H3,(H,15,16);1H. The van der Waals surface area contributed by atoms with E-state index in [4.69, 9.17) is 5.73 Å². The Labute approximate surface area is 108 Å². The van der Waals surface area contributed by atoms with Gasteiger partial charge >= 0.3 is 0 Å². The molecule has 2 rings (SSSR count). The molecule has 94 valence electrons. The van der Waals surface area contributed by atoms with Crippen LogP contribution in [-0.4, -0.2) is 11.4 Å². The minimum atomic E-state index is -0.627. The summed E-state index contributed by atoms with van der Waals surface area (Å²) in [4.78, 5) is 11.9. The topological polar surface area (TPSA) is 55.1 Å². The highest BCUT2D eigenvalue weighted by molar-refractivity contribution is 5.98. The van der Waals surface area contributed by atoms with Crippen molar-refractivity contribution in [2.75, 3.05) is 5.32 Å². The van der Waals surface area contributed by atoms with Crippen LogP contribution in [0, 0.1) is 13.8 Å². The Morgan fingerprint density at radius 2 is 1.76 bits per heavy atom. The van der Waals surface area contributed by atoms with Crippen molar-refractivity contribution in [2.45, 2.75) is 38.6 Å². The molecule has 3 nitrogen and oxygen atoms in total. The first kappa shape index (κ1) is 14.0. The molecule has 0 unspecified atom stereocenters. The minimum Gasteiger partial charge on any atom is -0.324 e. The number of hydrogen-bond acceptors (Lipinski definition) is 2. The van der Waals surface area contributed by atoms with Crippen molar-refractivity contribution < 1.29 is 4.79 Å². The van der Waals surface area contributed by atoms with E-state index in [0.29, 0.717) is 0 Å². The molecule has 3 N–H and O–H groups in total. The zero-order valence-corrected chi connectivity index (χ0v) is 11.1. The van der Waals surface area contributed by atoms with Crippen molar-refractivity contribution in [3.63, 3.8) is 0 Å². The SMILES string of the molecule is Cc1cc(C)cc(NC(=O)C2(N)CCC2)c1.Cl. The Kier molecular flexibility index (Phi) is 4.17. The van der Waals surface area contributed by atoms with Crippen molar-refractivity contribution in [3.05, 3.63) is 29.3 Å². The summed E-state index contributed by atoms with van der Waals surface area (Å²) in [7, 11) is 0. The van der Waals surface area contributed by atoms with Crippen molar-refractivity contribution in [1.29, 1.82) is 0 Å². The first-order chi connectivity index (χ1) is 7.49. The van der Waals surface area contributed by atoms with Crippen LogP contribution in [-0.2, 0) is 4.79 Å². The lowest BCUT2D eigenvalue weighted by Crippen LogP contribution is -2.56. The summed E-state index contributed by atoms with van der Waals surface area (Å²) >= 11 is 0. The Morgan fingerprint density at radius 1 is 1.24 bits per heavy atom. The van der Waals surface area contributed by atoms with Crippen LogP contribution < -0.4 is 11.1 Å². The lowest BCUT2D eigenvalue weighted by Gasteiger charge is -2.36. The van der Waals surface area contributed by atoms with Gasteiger partial charge in [-0.15, -0.1) is 12.4 Å². The fourth-order valence-electron chi connectivity index (χ4n) is 2.09. The summed E-state index contributed by atoms with van der Waals surface area (Å²) in [5, 5.41) is 2.90. The molecule has 1 aromatic carbocycles. The van der Waals surface area contributed by atoms with Gasteiger partial charge in [0.25, 0.3) is 0 Å². The number of halogens is 1. The molecule has 1 fully saturated rings. The van der Waals surface area contributed by atoms with Crippen LogP contribution in [0.4, 0.5) is 5.69 Å². The number of benzene rings is 1. The van der Waals surface area contributed by atoms with Crippen LogP contribution in [0.25, 0.3) is 0 Å². The predicted octanol–water partition coefficient (Wildman–Crippen LogP) is 2.55. The Bertz CT molecular complexity index is 407. The maximum absolute atomic E-state index is 11.9. The van der Waals surface area contributed by atoms with E-state index in [1.54, 1.807) is 0 Å². The summed E-state index contributed by atoms with van der Waals surface area (Å²) < 4.78 is 0. The van der Waals surface area contributed by atoms with Crippen LogP contribution in [0.2, 0.25) is 0 Å². The van der Waals surface area contributed by atoms with Crippen molar-refractivity contribution >= 4 is 24.0 Å². The summed E-state index contributed by atoms with van der Waals surface area (Å²) in [6, 6.07) is 6.01. The highest BCUT2D eigenvalue weighted by atomic mass is 35.5. The summed E-state index contributed by atoms with van der Waals surface area (Å²) in [6.45, 7) is 4.04. The second-order valence-corrected chi connectivity index (χ2v) is 4.84. The van der Waals surface area contributed by atoms with Crippen LogP contribution in [0.1, 0.15) is 30.4 Å². The third-order valence-corrected chi connectivity index (χ3v) is 3.18. The lowest BCUT2D eigenvalue weighted by molar-refractivity contribution is -0.123. The smallest absolute Gasteiger partial charge is 0.244 e. The summed E-state index contributed by atoms with van der Waals surface area (Å²) in [5.74, 6) is -0.0521. The normalized spacial score (nSPS) is 16.6. The number of nitrogens with one attached hydrogen (secondary N) is 1. The maximum atomic E-state index is 11.9. The molecule has 1 aliphatic carbocycles. The van der Waals surface area contributed by atoms with Gasteiger partial charge in [0.15, 0.2) is 0 Å². The average molecular weight is 255 g/mol. The number of carbonyl (C=O) groups excluding carboxylic acids is 1. The number of hydrogen-bond donors (Lipinski definition) is 2. The number of nitrogens with two attached hydrogens (primary N) is 1. The molecule has 1 aromatic rings. The summed E-state index contributed by atoms with van der Waals surface area (Å²) in [5.41, 5.74) is 8.47. The number of anilines is 1. The van der Waals surface area contributed by atoms with Crippen molar-refractivity contribution in [3.8, 4) is 0 Å². The average Bonchev–Trinajstić information content (AvgIpc) is 2.12. The van der Waals surface area contributed by atoms with Gasteiger partial charge in [-0.3, -0.25) is 4.79 Å². The molecular weight excluding hydrogens is 236 g/mol. The van der Waals surface area contributed by atoms with Crippen molar-refractivity contribution in [2.24, 2.45) is 5.73 Å². The monoisotopic (exact) mass is 254 g/mol. The van der Waals surface area contributed by atoms with Gasteiger partial charge in [0, 0.05) is 5.69 Å². The third-order valence-electron chi connectivity index (χ3n) is 3.18. The van der Waals surface area contributed by atoms with Gasteiger partial charge in [0.1, 0.15) is 0 Å². The van der Waals surface area contributed by atoms with Crippen molar-refractivity contribution in [1.82, 2.24) is 0 Å². The van der Waals surface area contributed by atoms with Crippen LogP contribution in [0.3, 0.4) is 0 Å². The molecule has 0 heterocycles. The van der Waals surface area contributed by atoms with Gasteiger partial charge in [-0.25, -0.2) is 0 Å². The molecule has 0 bridgehead atoms. The molecule has 4 heteroatoms. The largest absolute Gasteiger partial charge is 0.324 e. The van der Waals surface area contributed by atoms with E-state index in [9.17, 15) is 4.79 Å². The Hall–Kier alpha value is -1.06. The maximum Gasteiger partial charge on any atom is 0.244 e. The molecule has 0 aliphatic heterocycles. The van der Waals surface area contributed by atoms with Gasteiger partial charge < -0.3 is 11.1 Å². The molecule has 1 amide bonds. The molecular formula is C13H19ClN2O. The molecule has 0 aromatic heterocycles. The first-order valence-electron chi connectivity index (χ1n) is 5.68. The minimum absolute atomic E-state index is 0. The quantitative estimate of drug-likeness (QED) is 0.852. The van der Waals surface area contributed by atoms with E-state index < -0.39 is 5.54 Å². The van der Waals surface area contributed by atoms with E-state index in [1.165, 1.54) is 0 Å². The van der Waals surface area contributed by atoms with Gasteiger partial charge in [0.2, 0.25) is 5.91 Å². The van der Waals surface area contributed by atoms with E-state index in [-0.39, 0.29) is 18.3 Å². The Morgan fingerprint density at radius 3 is 2.18 bits per heavy atom. The van der Waals surface area contributed by atoms with E-state index in [0.717, 1.165) is 36.1 Å². The zero-order chi connectivity index (χ0) is 11.8. The van der Waals surface area contributed by atoms with E-state index >= 15 is 0 Å². The molecule has 1 saturated carbocycles. The number of carbonyl (C=O) groups is 1. The van der Waals surface area contributed by atoms with Gasteiger partial charge in [-0.05, 0) is 56.4 Å². The van der Waals surface area contributed by atoms with Gasteiger partial charge in [0.05, 0.1) is 5.54 Å². The second kappa shape index (κ2) is 5.07. The molecule has 17 heavy (non-hydrogen) atoms. The predicted molar refractivity (Wildman–Crippen MR) is 72.6 cm³/mol. The molecule has 0 spiro atoms. The first-order valence-corrected chi connectivity index (χ1v) is 5.68. The number of amides is 1. The fourth-order valence-corrected chi connectivity index (χ4v) is 2.09. The van der Waals surface area contributed by atoms with Crippen LogP contribution >= 0.6 is 12.4 Å². The molecule has 0 saturated heterocycles. The zero-order valence-electron chi connectivity index (χ0n) is 10.2. The van der Waals surface area contributed by atoms with Gasteiger partial charge in [-0.1, -0.05) is 6.07 Å². The molecule has 0 radical (unpaired) electrons.